The van der Waals surface area contributed by atoms with Crippen molar-refractivity contribution in [2.45, 2.75) is 51.0 Å². The van der Waals surface area contributed by atoms with Gasteiger partial charge in [0.05, 0.1) is 11.3 Å². The van der Waals surface area contributed by atoms with Crippen molar-refractivity contribution in [1.29, 1.82) is 0 Å². The van der Waals surface area contributed by atoms with Crippen molar-refractivity contribution >= 4 is 23.2 Å². The Morgan fingerprint density at radius 1 is 1.19 bits per heavy atom. The Balaban J connectivity index is 1.43. The number of aromatic nitrogens is 2. The van der Waals surface area contributed by atoms with Crippen LogP contribution in [0.25, 0.3) is 0 Å². The molecule has 1 aliphatic carbocycles. The average Bonchev–Trinajstić information content (AvgIpc) is 3.35. The summed E-state index contributed by atoms with van der Waals surface area (Å²) in [6.07, 6.45) is 8.15. The lowest BCUT2D eigenvalue weighted by Gasteiger charge is -2.23. The third kappa shape index (κ3) is 4.14. The highest BCUT2D eigenvalue weighted by atomic mass is 35.5. The fourth-order valence-corrected chi connectivity index (χ4v) is 4.36. The lowest BCUT2D eigenvalue weighted by molar-refractivity contribution is 0.102. The first kappa shape index (κ1) is 18.4. The van der Waals surface area contributed by atoms with Gasteiger partial charge in [-0.3, -0.25) is 9.69 Å². The van der Waals surface area contributed by atoms with Crippen LogP contribution in [-0.2, 0) is 0 Å². The normalized spacial score (nSPS) is 20.9. The quantitative estimate of drug-likeness (QED) is 0.847. The molecule has 2 fully saturated rings. The van der Waals surface area contributed by atoms with Crippen LogP contribution in [-0.4, -0.2) is 39.9 Å². The summed E-state index contributed by atoms with van der Waals surface area (Å²) >= 11 is 5.89. The molecule has 1 saturated carbocycles. The minimum Gasteiger partial charge on any atom is -0.322 e. The van der Waals surface area contributed by atoms with E-state index < -0.39 is 0 Å². The van der Waals surface area contributed by atoms with Crippen molar-refractivity contribution in [2.75, 3.05) is 18.4 Å². The van der Waals surface area contributed by atoms with Gasteiger partial charge in [-0.05, 0) is 57.0 Å². The highest BCUT2D eigenvalue weighted by Gasteiger charge is 2.32. The summed E-state index contributed by atoms with van der Waals surface area (Å²) in [5.41, 5.74) is 1.95. The summed E-state index contributed by atoms with van der Waals surface area (Å²) in [5.74, 6) is 1.05. The second-order valence-electron chi connectivity index (χ2n) is 7.61. The largest absolute Gasteiger partial charge is 0.322 e. The van der Waals surface area contributed by atoms with Crippen LogP contribution >= 0.6 is 11.6 Å². The van der Waals surface area contributed by atoms with Crippen molar-refractivity contribution in [3.05, 3.63) is 52.6 Å². The molecule has 0 spiro atoms. The van der Waals surface area contributed by atoms with Gasteiger partial charge in [-0.25, -0.2) is 9.97 Å². The molecule has 2 aromatic rings. The number of amides is 1. The molecular formula is C21H25ClN4O. The predicted molar refractivity (Wildman–Crippen MR) is 107 cm³/mol. The summed E-state index contributed by atoms with van der Waals surface area (Å²) in [6.45, 7) is 4.06. The van der Waals surface area contributed by atoms with Gasteiger partial charge >= 0.3 is 0 Å². The topological polar surface area (TPSA) is 58.1 Å². The van der Waals surface area contributed by atoms with Gasteiger partial charge in [-0.1, -0.05) is 24.4 Å². The van der Waals surface area contributed by atoms with Gasteiger partial charge in [-0.2, -0.15) is 0 Å². The molecule has 1 aromatic heterocycles. The summed E-state index contributed by atoms with van der Waals surface area (Å²) < 4.78 is 0. The van der Waals surface area contributed by atoms with Crippen LogP contribution in [0.4, 0.5) is 5.69 Å². The Hall–Kier alpha value is -1.98. The highest BCUT2D eigenvalue weighted by Crippen LogP contribution is 2.32. The Labute approximate surface area is 165 Å². The Morgan fingerprint density at radius 3 is 2.63 bits per heavy atom. The maximum Gasteiger partial charge on any atom is 0.259 e. The number of rotatable bonds is 4. The maximum absolute atomic E-state index is 12.5. The molecule has 0 unspecified atom stereocenters. The average molecular weight is 385 g/mol. The van der Waals surface area contributed by atoms with E-state index in [1.807, 2.05) is 6.92 Å². The first-order valence-corrected chi connectivity index (χ1v) is 10.1. The van der Waals surface area contributed by atoms with Crippen LogP contribution in [0, 0.1) is 6.92 Å². The fraction of sp³-hybridized carbons (Fsp3) is 0.476. The van der Waals surface area contributed by atoms with Crippen LogP contribution in [0.3, 0.4) is 0 Å². The van der Waals surface area contributed by atoms with E-state index in [0.29, 0.717) is 22.2 Å². The molecule has 27 heavy (non-hydrogen) atoms. The molecule has 1 atom stereocenters. The van der Waals surface area contributed by atoms with Crippen molar-refractivity contribution in [1.82, 2.24) is 14.9 Å². The zero-order valence-corrected chi connectivity index (χ0v) is 16.4. The van der Waals surface area contributed by atoms with Gasteiger partial charge in [0.25, 0.3) is 5.91 Å². The lowest BCUT2D eigenvalue weighted by atomic mass is 10.1. The number of anilines is 1. The van der Waals surface area contributed by atoms with E-state index in [9.17, 15) is 4.79 Å². The molecule has 5 nitrogen and oxygen atoms in total. The van der Waals surface area contributed by atoms with Crippen LogP contribution in [0.2, 0.25) is 5.02 Å². The zero-order valence-electron chi connectivity index (χ0n) is 15.6. The second-order valence-corrected chi connectivity index (χ2v) is 8.04. The number of nitrogens with zero attached hydrogens (tertiary/aromatic N) is 3. The number of benzene rings is 1. The molecule has 2 heterocycles. The SMILES string of the molecule is Cc1nc([C@H]2CCN(C3CCCC3)C2)ncc1C(=O)Nc1ccc(Cl)cc1. The van der Waals surface area contributed by atoms with Crippen molar-refractivity contribution < 1.29 is 4.79 Å². The molecule has 1 amide bonds. The van der Waals surface area contributed by atoms with Gasteiger partial charge in [0.15, 0.2) is 0 Å². The molecule has 0 radical (unpaired) electrons. The van der Waals surface area contributed by atoms with E-state index in [1.165, 1.54) is 25.7 Å². The first-order chi connectivity index (χ1) is 13.1. The standard InChI is InChI=1S/C21H25ClN4O/c1-14-19(21(27)25-17-8-6-16(22)7-9-17)12-23-20(24-14)15-10-11-26(13-15)18-4-2-3-5-18/h6-9,12,15,18H,2-5,10-11,13H2,1H3,(H,25,27)/t15-/m0/s1. The van der Waals surface area contributed by atoms with Crippen LogP contribution < -0.4 is 5.32 Å². The van der Waals surface area contributed by atoms with E-state index in [2.05, 4.69) is 20.2 Å². The molecule has 4 rings (SSSR count). The molecule has 1 N–H and O–H groups in total. The number of carbonyl (C=O) groups excluding carboxylic acids is 1. The van der Waals surface area contributed by atoms with Crippen LogP contribution in [0.15, 0.2) is 30.5 Å². The summed E-state index contributed by atoms with van der Waals surface area (Å²) in [7, 11) is 0. The molecule has 1 saturated heterocycles. The molecule has 0 bridgehead atoms. The maximum atomic E-state index is 12.5. The van der Waals surface area contributed by atoms with Gasteiger partial charge in [-0.15, -0.1) is 0 Å². The van der Waals surface area contributed by atoms with E-state index in [0.717, 1.165) is 37.1 Å². The van der Waals surface area contributed by atoms with Crippen molar-refractivity contribution in [2.24, 2.45) is 0 Å². The Morgan fingerprint density at radius 2 is 1.93 bits per heavy atom. The van der Waals surface area contributed by atoms with Crippen LogP contribution in [0.1, 0.15) is 59.9 Å². The number of likely N-dealkylation sites (tertiary alicyclic amines) is 1. The van der Waals surface area contributed by atoms with Crippen LogP contribution in [0.5, 0.6) is 0 Å². The fourth-order valence-electron chi connectivity index (χ4n) is 4.24. The second kappa shape index (κ2) is 7.95. The number of halogens is 1. The third-order valence-corrected chi connectivity index (χ3v) is 6.02. The van der Waals surface area contributed by atoms with Gasteiger partial charge in [0.2, 0.25) is 0 Å². The molecule has 2 aliphatic rings. The summed E-state index contributed by atoms with van der Waals surface area (Å²) in [4.78, 5) is 24.4. The molecule has 6 heteroatoms. The van der Waals surface area contributed by atoms with E-state index >= 15 is 0 Å². The number of carbonyl (C=O) groups is 1. The molecule has 1 aliphatic heterocycles. The van der Waals surface area contributed by atoms with E-state index in [1.54, 1.807) is 30.5 Å². The van der Waals surface area contributed by atoms with Gasteiger partial charge in [0, 0.05) is 35.4 Å². The number of hydrogen-bond donors (Lipinski definition) is 1. The summed E-state index contributed by atoms with van der Waals surface area (Å²) in [5, 5.41) is 3.51. The smallest absolute Gasteiger partial charge is 0.259 e. The lowest BCUT2D eigenvalue weighted by Crippen LogP contribution is -2.30. The predicted octanol–water partition coefficient (Wildman–Crippen LogP) is 4.42. The minimum atomic E-state index is -0.194. The number of hydrogen-bond acceptors (Lipinski definition) is 4. The van der Waals surface area contributed by atoms with E-state index in [4.69, 9.17) is 11.6 Å². The number of nitrogens with one attached hydrogen (secondary N) is 1. The zero-order chi connectivity index (χ0) is 18.8. The van der Waals surface area contributed by atoms with Crippen molar-refractivity contribution in [3.63, 3.8) is 0 Å². The Bertz CT molecular complexity index is 817. The third-order valence-electron chi connectivity index (χ3n) is 5.77. The monoisotopic (exact) mass is 384 g/mol. The van der Waals surface area contributed by atoms with Gasteiger partial charge < -0.3 is 5.32 Å². The van der Waals surface area contributed by atoms with Crippen molar-refractivity contribution in [3.8, 4) is 0 Å². The molecule has 142 valence electrons. The van der Waals surface area contributed by atoms with Gasteiger partial charge in [0.1, 0.15) is 5.82 Å². The first-order valence-electron chi connectivity index (χ1n) is 9.74. The molecular weight excluding hydrogens is 360 g/mol. The summed E-state index contributed by atoms with van der Waals surface area (Å²) in [6, 6.07) is 7.81. The van der Waals surface area contributed by atoms with E-state index in [-0.39, 0.29) is 5.91 Å². The highest BCUT2D eigenvalue weighted by molar-refractivity contribution is 6.30. The Kier molecular flexibility index (Phi) is 5.41. The number of aryl methyl sites for hydroxylation is 1. The minimum absolute atomic E-state index is 0.194. The molecule has 1 aromatic carbocycles.